The number of aromatic amines is 1. The van der Waals surface area contributed by atoms with Crippen LogP contribution in [-0.4, -0.2) is 19.7 Å². The third kappa shape index (κ3) is 3.34. The van der Waals surface area contributed by atoms with Gasteiger partial charge in [-0.15, -0.1) is 0 Å². The molecule has 7 heteroatoms. The number of aryl methyl sites for hydroxylation is 2. The Morgan fingerprint density at radius 1 is 1.14 bits per heavy atom. The van der Waals surface area contributed by atoms with E-state index < -0.39 is 0 Å². The molecule has 2 aromatic heterocycles. The van der Waals surface area contributed by atoms with Gasteiger partial charge >= 0.3 is 0 Å². The third-order valence-corrected chi connectivity index (χ3v) is 6.13. The molecule has 4 rings (SSSR count). The van der Waals surface area contributed by atoms with E-state index in [1.165, 1.54) is 11.1 Å². The summed E-state index contributed by atoms with van der Waals surface area (Å²) >= 11 is 7.96. The van der Waals surface area contributed by atoms with E-state index in [9.17, 15) is 0 Å². The average Bonchev–Trinajstić information content (AvgIpc) is 3.04. The van der Waals surface area contributed by atoms with Gasteiger partial charge in [0.15, 0.2) is 10.8 Å². The highest BCUT2D eigenvalue weighted by molar-refractivity contribution is 7.98. The van der Waals surface area contributed by atoms with E-state index in [0.717, 1.165) is 33.2 Å². The summed E-state index contributed by atoms with van der Waals surface area (Å²) in [5.74, 6) is 0.753. The minimum absolute atomic E-state index is 0.355. The van der Waals surface area contributed by atoms with Gasteiger partial charge in [0.05, 0.1) is 11.1 Å². The smallest absolute Gasteiger partial charge is 0.187 e. The number of hydrogen-bond donors (Lipinski definition) is 2. The van der Waals surface area contributed by atoms with Gasteiger partial charge in [0.2, 0.25) is 0 Å². The van der Waals surface area contributed by atoms with Gasteiger partial charge in [-0.1, -0.05) is 59.3 Å². The number of hydrogen-bond acceptors (Lipinski definition) is 4. The van der Waals surface area contributed by atoms with Gasteiger partial charge < -0.3 is 0 Å². The SMILES string of the molecule is Cc1cccc(CSc2nc3n[nH]c(C)c3c(=N)n2-c2cccc(Cl)c2C)c1. The molecular weight excluding hydrogens is 390 g/mol. The summed E-state index contributed by atoms with van der Waals surface area (Å²) in [5.41, 5.74) is 5.96. The second-order valence-corrected chi connectivity index (χ2v) is 8.14. The van der Waals surface area contributed by atoms with Crippen LogP contribution in [0, 0.1) is 26.2 Å². The molecule has 2 aromatic carbocycles. The summed E-state index contributed by atoms with van der Waals surface area (Å²) in [6.45, 7) is 5.96. The Morgan fingerprint density at radius 2 is 1.93 bits per heavy atom. The third-order valence-electron chi connectivity index (χ3n) is 4.71. The van der Waals surface area contributed by atoms with E-state index >= 15 is 0 Å². The van der Waals surface area contributed by atoms with E-state index in [-0.39, 0.29) is 0 Å². The van der Waals surface area contributed by atoms with Crippen molar-refractivity contribution >= 4 is 34.4 Å². The highest BCUT2D eigenvalue weighted by Crippen LogP contribution is 2.28. The fourth-order valence-electron chi connectivity index (χ4n) is 3.24. The lowest BCUT2D eigenvalue weighted by atomic mass is 10.2. The first-order valence-electron chi connectivity index (χ1n) is 8.92. The molecular formula is C21H20ClN5S. The Bertz CT molecular complexity index is 1240. The van der Waals surface area contributed by atoms with Crippen molar-refractivity contribution < 1.29 is 0 Å². The molecule has 0 bridgehead atoms. The van der Waals surface area contributed by atoms with Crippen molar-refractivity contribution in [2.24, 2.45) is 0 Å². The molecule has 2 N–H and O–H groups in total. The number of fused-ring (bicyclic) bond motifs is 1. The van der Waals surface area contributed by atoms with Crippen LogP contribution in [-0.2, 0) is 5.75 Å². The van der Waals surface area contributed by atoms with Crippen LogP contribution < -0.4 is 5.49 Å². The minimum Gasteiger partial charge on any atom is -0.283 e. The zero-order chi connectivity index (χ0) is 19.8. The summed E-state index contributed by atoms with van der Waals surface area (Å²) in [6.07, 6.45) is 0. The predicted octanol–water partition coefficient (Wildman–Crippen LogP) is 5.10. The summed E-state index contributed by atoms with van der Waals surface area (Å²) in [6, 6.07) is 14.2. The lowest BCUT2D eigenvalue weighted by Gasteiger charge is -2.16. The Morgan fingerprint density at radius 3 is 2.71 bits per heavy atom. The molecule has 0 aliphatic heterocycles. The number of H-pyrrole nitrogens is 1. The summed E-state index contributed by atoms with van der Waals surface area (Å²) in [4.78, 5) is 4.76. The van der Waals surface area contributed by atoms with Crippen LogP contribution in [0.1, 0.15) is 22.4 Å². The molecule has 28 heavy (non-hydrogen) atoms. The van der Waals surface area contributed by atoms with Crippen molar-refractivity contribution in [2.75, 3.05) is 0 Å². The van der Waals surface area contributed by atoms with Crippen LogP contribution in [0.4, 0.5) is 0 Å². The van der Waals surface area contributed by atoms with Crippen LogP contribution in [0.15, 0.2) is 47.6 Å². The summed E-state index contributed by atoms with van der Waals surface area (Å²) in [7, 11) is 0. The molecule has 0 fully saturated rings. The zero-order valence-electron chi connectivity index (χ0n) is 15.9. The first-order chi connectivity index (χ1) is 13.5. The van der Waals surface area contributed by atoms with E-state index in [0.29, 0.717) is 16.2 Å². The van der Waals surface area contributed by atoms with E-state index in [2.05, 4.69) is 41.4 Å². The van der Waals surface area contributed by atoms with Crippen LogP contribution in [0.5, 0.6) is 0 Å². The van der Waals surface area contributed by atoms with E-state index in [4.69, 9.17) is 22.0 Å². The highest BCUT2D eigenvalue weighted by atomic mass is 35.5. The Kier molecular flexibility index (Phi) is 5.00. The van der Waals surface area contributed by atoms with Crippen molar-refractivity contribution in [1.29, 1.82) is 5.41 Å². The van der Waals surface area contributed by atoms with Gasteiger partial charge in [0, 0.05) is 16.5 Å². The van der Waals surface area contributed by atoms with Crippen molar-refractivity contribution in [3.8, 4) is 5.69 Å². The maximum absolute atomic E-state index is 8.87. The Hall–Kier alpha value is -2.57. The minimum atomic E-state index is 0.355. The van der Waals surface area contributed by atoms with Gasteiger partial charge in [0.1, 0.15) is 5.49 Å². The molecule has 0 atom stereocenters. The number of thioether (sulfide) groups is 1. The molecule has 0 aliphatic carbocycles. The van der Waals surface area contributed by atoms with Crippen LogP contribution in [0.25, 0.3) is 16.7 Å². The molecule has 0 saturated carbocycles. The quantitative estimate of drug-likeness (QED) is 0.364. The molecule has 0 amide bonds. The first kappa shape index (κ1) is 18.8. The lowest BCUT2D eigenvalue weighted by molar-refractivity contribution is 0.782. The Balaban J connectivity index is 1.89. The molecule has 0 saturated heterocycles. The van der Waals surface area contributed by atoms with Gasteiger partial charge in [-0.3, -0.25) is 15.1 Å². The number of nitrogens with zero attached hydrogens (tertiary/aromatic N) is 3. The predicted molar refractivity (Wildman–Crippen MR) is 114 cm³/mol. The molecule has 0 unspecified atom stereocenters. The van der Waals surface area contributed by atoms with Crippen molar-refractivity contribution in [1.82, 2.24) is 19.7 Å². The molecule has 4 aromatic rings. The standard InChI is InChI=1S/C21H20ClN5S/c1-12-6-4-7-15(10-12)11-28-21-24-20-18(14(3)25-26-20)19(23)27(21)17-9-5-8-16(22)13(17)2/h4-10,23H,11H2,1-3H3,(H,25,26). The monoisotopic (exact) mass is 409 g/mol. The molecule has 0 radical (unpaired) electrons. The fraction of sp³-hybridized carbons (Fsp3) is 0.190. The van der Waals surface area contributed by atoms with Gasteiger partial charge in [-0.2, -0.15) is 5.10 Å². The average molecular weight is 410 g/mol. The van der Waals surface area contributed by atoms with Crippen LogP contribution in [0.3, 0.4) is 0 Å². The van der Waals surface area contributed by atoms with Gasteiger partial charge in [-0.05, 0) is 44.0 Å². The molecule has 0 aliphatic rings. The van der Waals surface area contributed by atoms with Gasteiger partial charge in [0.25, 0.3) is 0 Å². The summed E-state index contributed by atoms with van der Waals surface area (Å²) in [5, 5.41) is 18.2. The van der Waals surface area contributed by atoms with Crippen LogP contribution in [0.2, 0.25) is 5.02 Å². The maximum Gasteiger partial charge on any atom is 0.187 e. The van der Waals surface area contributed by atoms with E-state index in [1.54, 1.807) is 11.8 Å². The largest absolute Gasteiger partial charge is 0.283 e. The molecule has 142 valence electrons. The van der Waals surface area contributed by atoms with Crippen LogP contribution >= 0.6 is 23.4 Å². The maximum atomic E-state index is 8.87. The zero-order valence-corrected chi connectivity index (χ0v) is 17.4. The Labute approximate surface area is 172 Å². The first-order valence-corrected chi connectivity index (χ1v) is 10.3. The topological polar surface area (TPSA) is 70.3 Å². The highest BCUT2D eigenvalue weighted by Gasteiger charge is 2.17. The van der Waals surface area contributed by atoms with Crippen molar-refractivity contribution in [2.45, 2.75) is 31.7 Å². The lowest BCUT2D eigenvalue weighted by Crippen LogP contribution is -2.23. The van der Waals surface area contributed by atoms with Crippen molar-refractivity contribution in [3.63, 3.8) is 0 Å². The fourth-order valence-corrected chi connectivity index (χ4v) is 4.35. The molecule has 2 heterocycles. The second kappa shape index (κ2) is 7.45. The normalized spacial score (nSPS) is 11.3. The van der Waals surface area contributed by atoms with E-state index in [1.807, 2.05) is 36.6 Å². The van der Waals surface area contributed by atoms with Gasteiger partial charge in [-0.25, -0.2) is 4.98 Å². The van der Waals surface area contributed by atoms with Crippen molar-refractivity contribution in [3.05, 3.63) is 75.4 Å². The summed E-state index contributed by atoms with van der Waals surface area (Å²) < 4.78 is 1.87. The number of benzene rings is 2. The number of nitrogens with one attached hydrogen (secondary N) is 2. The number of aromatic nitrogens is 4. The second-order valence-electron chi connectivity index (χ2n) is 6.79. The number of halogens is 1. The number of rotatable bonds is 4. The molecule has 0 spiro atoms. The molecule has 5 nitrogen and oxygen atoms in total.